The number of nitrogens with zero attached hydrogens (tertiary/aromatic N) is 3. The topological polar surface area (TPSA) is 63.0 Å². The van der Waals surface area contributed by atoms with Gasteiger partial charge < -0.3 is 14.0 Å². The lowest BCUT2D eigenvalue weighted by atomic mass is 10.2. The molecule has 1 N–H and O–H groups in total. The summed E-state index contributed by atoms with van der Waals surface area (Å²) in [5.74, 6) is 1.56. The van der Waals surface area contributed by atoms with Crippen molar-refractivity contribution in [1.29, 1.82) is 0 Å². The van der Waals surface area contributed by atoms with Gasteiger partial charge in [-0.1, -0.05) is 5.16 Å². The summed E-state index contributed by atoms with van der Waals surface area (Å²) in [5.41, 5.74) is 3.91. The van der Waals surface area contributed by atoms with Crippen LogP contribution in [0.4, 0.5) is 5.82 Å². The van der Waals surface area contributed by atoms with Crippen LogP contribution in [0.3, 0.4) is 0 Å². The first-order chi connectivity index (χ1) is 10.8. The molecule has 1 aliphatic rings. The number of hydrazine groups is 1. The van der Waals surface area contributed by atoms with Crippen LogP contribution in [-0.4, -0.2) is 63.6 Å². The minimum absolute atomic E-state index is 0.723. The lowest BCUT2D eigenvalue weighted by Gasteiger charge is -2.29. The van der Waals surface area contributed by atoms with E-state index in [2.05, 4.69) is 15.5 Å². The van der Waals surface area contributed by atoms with Gasteiger partial charge in [-0.2, -0.15) is 0 Å². The Morgan fingerprint density at radius 3 is 2.91 bits per heavy atom. The van der Waals surface area contributed by atoms with Crippen molar-refractivity contribution in [3.05, 3.63) is 18.2 Å². The summed E-state index contributed by atoms with van der Waals surface area (Å²) in [6.45, 7) is 5.36. The lowest BCUT2D eigenvalue weighted by molar-refractivity contribution is 0.0389. The summed E-state index contributed by atoms with van der Waals surface area (Å²) in [7, 11) is 3.53. The molecule has 0 amide bonds. The second-order valence-electron chi connectivity index (χ2n) is 5.20. The van der Waals surface area contributed by atoms with Crippen LogP contribution in [-0.2, 0) is 4.74 Å². The van der Waals surface area contributed by atoms with E-state index in [4.69, 9.17) is 14.0 Å². The maximum absolute atomic E-state index is 5.42. The molecule has 3 rings (SSSR count). The fraction of sp³-hybridized carbons (Fsp3) is 0.533. The van der Waals surface area contributed by atoms with Crippen LogP contribution in [0.15, 0.2) is 22.7 Å². The molecular formula is C15H22N4O3. The van der Waals surface area contributed by atoms with Gasteiger partial charge in [0.05, 0.1) is 25.7 Å². The quantitative estimate of drug-likeness (QED) is 0.802. The van der Waals surface area contributed by atoms with Gasteiger partial charge in [-0.15, -0.1) is 0 Å². The summed E-state index contributed by atoms with van der Waals surface area (Å²) in [4.78, 5) is 2.39. The number of morpholine rings is 1. The molecule has 0 saturated carbocycles. The van der Waals surface area contributed by atoms with E-state index in [1.807, 2.05) is 30.3 Å². The molecule has 7 heteroatoms. The number of anilines is 1. The van der Waals surface area contributed by atoms with E-state index in [1.54, 1.807) is 7.11 Å². The van der Waals surface area contributed by atoms with Gasteiger partial charge in [-0.05, 0) is 12.1 Å². The molecule has 2 heterocycles. The average Bonchev–Trinajstić information content (AvgIpc) is 2.99. The monoisotopic (exact) mass is 306 g/mol. The van der Waals surface area contributed by atoms with Crippen LogP contribution in [0, 0.1) is 0 Å². The van der Waals surface area contributed by atoms with Crippen molar-refractivity contribution < 1.29 is 14.0 Å². The Morgan fingerprint density at radius 1 is 1.36 bits per heavy atom. The van der Waals surface area contributed by atoms with Crippen LogP contribution in [0.2, 0.25) is 0 Å². The molecule has 0 bridgehead atoms. The van der Waals surface area contributed by atoms with E-state index in [0.717, 1.165) is 61.9 Å². The highest BCUT2D eigenvalue weighted by Gasteiger charge is 2.17. The van der Waals surface area contributed by atoms with Gasteiger partial charge in [-0.25, -0.2) is 5.43 Å². The second kappa shape index (κ2) is 6.95. The van der Waals surface area contributed by atoms with E-state index in [-0.39, 0.29) is 0 Å². The molecule has 22 heavy (non-hydrogen) atoms. The van der Waals surface area contributed by atoms with Crippen molar-refractivity contribution in [2.75, 3.05) is 58.6 Å². The van der Waals surface area contributed by atoms with Gasteiger partial charge in [0.1, 0.15) is 5.75 Å². The van der Waals surface area contributed by atoms with Crippen LogP contribution in [0.1, 0.15) is 0 Å². The van der Waals surface area contributed by atoms with Crippen molar-refractivity contribution >= 4 is 16.8 Å². The Hall–Kier alpha value is -1.83. The maximum atomic E-state index is 5.42. The molecular weight excluding hydrogens is 284 g/mol. The molecule has 0 atom stereocenters. The average molecular weight is 306 g/mol. The Morgan fingerprint density at radius 2 is 2.18 bits per heavy atom. The molecule has 7 nitrogen and oxygen atoms in total. The Labute approximate surface area is 129 Å². The predicted molar refractivity (Wildman–Crippen MR) is 84.2 cm³/mol. The number of nitrogens with one attached hydrogen (secondary N) is 1. The van der Waals surface area contributed by atoms with Crippen LogP contribution >= 0.6 is 0 Å². The SMILES string of the molecule is CNN(CCN1CCOCC1)c1noc2cc(OC)ccc12. The third kappa shape index (κ3) is 3.16. The molecule has 1 aromatic heterocycles. The van der Waals surface area contributed by atoms with Crippen LogP contribution in [0.5, 0.6) is 5.75 Å². The van der Waals surface area contributed by atoms with E-state index < -0.39 is 0 Å². The number of hydrogen-bond acceptors (Lipinski definition) is 7. The number of methoxy groups -OCH3 is 1. The first-order valence-corrected chi connectivity index (χ1v) is 7.50. The number of fused-ring (bicyclic) bond motifs is 1. The van der Waals surface area contributed by atoms with Gasteiger partial charge in [0, 0.05) is 39.3 Å². The lowest BCUT2D eigenvalue weighted by Crippen LogP contribution is -2.45. The Balaban J connectivity index is 1.72. The molecule has 0 unspecified atom stereocenters. The molecule has 0 aliphatic carbocycles. The predicted octanol–water partition coefficient (Wildman–Crippen LogP) is 1.11. The fourth-order valence-electron chi connectivity index (χ4n) is 2.62. The summed E-state index contributed by atoms with van der Waals surface area (Å²) in [6, 6.07) is 5.74. The van der Waals surface area contributed by atoms with Crippen molar-refractivity contribution in [3.8, 4) is 5.75 Å². The summed E-state index contributed by atoms with van der Waals surface area (Å²) in [6.07, 6.45) is 0. The molecule has 120 valence electrons. The van der Waals surface area contributed by atoms with E-state index >= 15 is 0 Å². The van der Waals surface area contributed by atoms with E-state index in [9.17, 15) is 0 Å². The van der Waals surface area contributed by atoms with E-state index in [0.29, 0.717) is 0 Å². The standard InChI is InChI=1S/C15H22N4O3/c1-16-19(6-5-18-7-9-21-10-8-18)15-13-4-3-12(20-2)11-14(13)22-17-15/h3-4,11,16H,5-10H2,1-2H3. The van der Waals surface area contributed by atoms with Gasteiger partial charge >= 0.3 is 0 Å². The van der Waals surface area contributed by atoms with Crippen molar-refractivity contribution in [2.45, 2.75) is 0 Å². The molecule has 1 aliphatic heterocycles. The Kier molecular flexibility index (Phi) is 4.77. The highest BCUT2D eigenvalue weighted by molar-refractivity contribution is 5.89. The first kappa shape index (κ1) is 15.1. The zero-order valence-electron chi connectivity index (χ0n) is 13.0. The second-order valence-corrected chi connectivity index (χ2v) is 5.20. The summed E-state index contributed by atoms with van der Waals surface area (Å²) in [5, 5.41) is 7.17. The van der Waals surface area contributed by atoms with Crippen molar-refractivity contribution in [3.63, 3.8) is 0 Å². The molecule has 0 spiro atoms. The fourth-order valence-corrected chi connectivity index (χ4v) is 2.62. The number of aromatic nitrogens is 1. The molecule has 1 saturated heterocycles. The number of ether oxygens (including phenoxy) is 2. The number of benzene rings is 1. The maximum Gasteiger partial charge on any atom is 0.194 e. The largest absolute Gasteiger partial charge is 0.497 e. The minimum atomic E-state index is 0.723. The normalized spacial score (nSPS) is 16.1. The summed E-state index contributed by atoms with van der Waals surface area (Å²) >= 11 is 0. The molecule has 1 aromatic carbocycles. The molecule has 2 aromatic rings. The number of hydrogen-bond donors (Lipinski definition) is 1. The van der Waals surface area contributed by atoms with Gasteiger partial charge in [0.2, 0.25) is 0 Å². The molecule has 1 fully saturated rings. The smallest absolute Gasteiger partial charge is 0.194 e. The highest BCUT2D eigenvalue weighted by Crippen LogP contribution is 2.28. The number of rotatable bonds is 6. The van der Waals surface area contributed by atoms with Crippen molar-refractivity contribution in [1.82, 2.24) is 15.5 Å². The minimum Gasteiger partial charge on any atom is -0.497 e. The molecule has 0 radical (unpaired) electrons. The van der Waals surface area contributed by atoms with Gasteiger partial charge in [0.15, 0.2) is 11.4 Å². The van der Waals surface area contributed by atoms with E-state index in [1.165, 1.54) is 0 Å². The Bertz CT molecular complexity index is 610. The van der Waals surface area contributed by atoms with Gasteiger partial charge in [-0.3, -0.25) is 9.91 Å². The zero-order chi connectivity index (χ0) is 15.4. The van der Waals surface area contributed by atoms with Crippen molar-refractivity contribution in [2.24, 2.45) is 0 Å². The third-order valence-electron chi connectivity index (χ3n) is 3.93. The summed E-state index contributed by atoms with van der Waals surface area (Å²) < 4.78 is 16.0. The van der Waals surface area contributed by atoms with Gasteiger partial charge in [0.25, 0.3) is 0 Å². The zero-order valence-corrected chi connectivity index (χ0v) is 13.0. The van der Waals surface area contributed by atoms with Crippen LogP contribution < -0.4 is 15.2 Å². The highest BCUT2D eigenvalue weighted by atomic mass is 16.5. The third-order valence-corrected chi connectivity index (χ3v) is 3.93. The first-order valence-electron chi connectivity index (χ1n) is 7.50. The van der Waals surface area contributed by atoms with Crippen LogP contribution in [0.25, 0.3) is 11.0 Å².